The Morgan fingerprint density at radius 3 is 2.94 bits per heavy atom. The molecule has 0 aliphatic rings. The van der Waals surface area contributed by atoms with E-state index < -0.39 is 6.04 Å². The van der Waals surface area contributed by atoms with Gasteiger partial charge >= 0.3 is 5.97 Å². The lowest BCUT2D eigenvalue weighted by atomic mass is 10.3. The number of hydrogen-bond donors (Lipinski definition) is 1. The number of carbonyl (C=O) groups excluding carboxylic acids is 1. The highest BCUT2D eigenvalue weighted by Crippen LogP contribution is 2.23. The summed E-state index contributed by atoms with van der Waals surface area (Å²) in [6.45, 7) is 2.08. The van der Waals surface area contributed by atoms with Crippen LogP contribution in [0.3, 0.4) is 0 Å². The van der Waals surface area contributed by atoms with E-state index in [1.54, 1.807) is 19.2 Å². The van der Waals surface area contributed by atoms with Crippen molar-refractivity contribution in [1.29, 1.82) is 0 Å². The number of hydrogen-bond acceptors (Lipinski definition) is 5. The number of rotatable bonds is 6. The lowest BCUT2D eigenvalue weighted by Crippen LogP contribution is -2.34. The molecule has 1 heterocycles. The summed E-state index contributed by atoms with van der Waals surface area (Å²) in [6, 6.07) is 0.971. The average molecular weight is 309 g/mol. The van der Waals surface area contributed by atoms with Gasteiger partial charge in [-0.3, -0.25) is 4.79 Å². The van der Waals surface area contributed by atoms with Gasteiger partial charge in [0.25, 0.3) is 0 Å². The summed E-state index contributed by atoms with van der Waals surface area (Å²) in [4.78, 5) is 15.2. The zero-order valence-electron chi connectivity index (χ0n) is 9.86. The Balaban J connectivity index is 2.39. The summed E-state index contributed by atoms with van der Waals surface area (Å²) in [7, 11) is 0. The predicted molar refractivity (Wildman–Crippen MR) is 75.0 cm³/mol. The smallest absolute Gasteiger partial charge is 0.323 e. The summed E-state index contributed by atoms with van der Waals surface area (Å²) < 4.78 is 4.81. The Morgan fingerprint density at radius 1 is 1.61 bits per heavy atom. The molecule has 1 unspecified atom stereocenters. The summed E-state index contributed by atoms with van der Waals surface area (Å²) in [5, 5.41) is 0.921. The Labute approximate surface area is 120 Å². The molecule has 1 aromatic heterocycles. The maximum Gasteiger partial charge on any atom is 0.323 e. The number of carbonyl (C=O) groups is 1. The van der Waals surface area contributed by atoms with E-state index in [0.29, 0.717) is 28.3 Å². The first-order valence-corrected chi connectivity index (χ1v) is 7.25. The maximum atomic E-state index is 11.3. The molecule has 0 aromatic carbocycles. The van der Waals surface area contributed by atoms with E-state index in [-0.39, 0.29) is 5.97 Å². The number of thioether (sulfide) groups is 1. The molecule has 7 heteroatoms. The standard InChI is InChI=1S/C11H14Cl2N2O2S/c1-2-17-11(16)9(14)6-18-5-7-4-15-10(13)3-8(7)12/h3-4,9H,2,5-6,14H2,1H3. The molecule has 0 aliphatic carbocycles. The Kier molecular flexibility index (Phi) is 6.78. The van der Waals surface area contributed by atoms with Crippen LogP contribution in [0.1, 0.15) is 12.5 Å². The van der Waals surface area contributed by atoms with Crippen LogP contribution in [0.4, 0.5) is 0 Å². The molecule has 4 nitrogen and oxygen atoms in total. The molecule has 100 valence electrons. The van der Waals surface area contributed by atoms with Crippen LogP contribution in [0.15, 0.2) is 12.3 Å². The Hall–Kier alpha value is -0.490. The summed E-state index contributed by atoms with van der Waals surface area (Å²) in [5.41, 5.74) is 6.53. The molecule has 0 fully saturated rings. The van der Waals surface area contributed by atoms with Crippen molar-refractivity contribution >= 4 is 40.9 Å². The predicted octanol–water partition coefficient (Wildman–Crippen LogP) is 2.51. The van der Waals surface area contributed by atoms with E-state index in [2.05, 4.69) is 4.98 Å². The van der Waals surface area contributed by atoms with Gasteiger partial charge in [-0.1, -0.05) is 23.2 Å². The molecule has 0 aliphatic heterocycles. The molecule has 1 aromatic rings. The third kappa shape index (κ3) is 5.02. The molecule has 1 rings (SSSR count). The van der Waals surface area contributed by atoms with Gasteiger partial charge in [0.1, 0.15) is 11.2 Å². The van der Waals surface area contributed by atoms with Gasteiger partial charge in [-0.2, -0.15) is 11.8 Å². The normalized spacial score (nSPS) is 12.2. The van der Waals surface area contributed by atoms with Crippen LogP contribution >= 0.6 is 35.0 Å². The lowest BCUT2D eigenvalue weighted by molar-refractivity contribution is -0.144. The summed E-state index contributed by atoms with van der Waals surface area (Å²) in [6.07, 6.45) is 1.62. The quantitative estimate of drug-likeness (QED) is 0.646. The van der Waals surface area contributed by atoms with Crippen molar-refractivity contribution in [3.05, 3.63) is 28.0 Å². The number of nitrogens with two attached hydrogens (primary N) is 1. The second-order valence-electron chi connectivity index (χ2n) is 3.47. The summed E-state index contributed by atoms with van der Waals surface area (Å²) in [5.74, 6) is 0.707. The van der Waals surface area contributed by atoms with E-state index >= 15 is 0 Å². The molecule has 0 saturated heterocycles. The molecule has 1 atom stereocenters. The minimum Gasteiger partial charge on any atom is -0.465 e. The molecule has 18 heavy (non-hydrogen) atoms. The van der Waals surface area contributed by atoms with E-state index in [0.717, 1.165) is 5.56 Å². The SMILES string of the molecule is CCOC(=O)C(N)CSCc1cnc(Cl)cc1Cl. The first-order valence-electron chi connectivity index (χ1n) is 5.34. The van der Waals surface area contributed by atoms with Crippen LogP contribution in [-0.4, -0.2) is 29.4 Å². The van der Waals surface area contributed by atoms with Gasteiger partial charge in [-0.05, 0) is 18.6 Å². The highest BCUT2D eigenvalue weighted by Gasteiger charge is 2.14. The van der Waals surface area contributed by atoms with E-state index in [1.807, 2.05) is 0 Å². The Morgan fingerprint density at radius 2 is 2.33 bits per heavy atom. The fourth-order valence-electron chi connectivity index (χ4n) is 1.16. The van der Waals surface area contributed by atoms with Crippen molar-refractivity contribution < 1.29 is 9.53 Å². The first kappa shape index (κ1) is 15.6. The van der Waals surface area contributed by atoms with Gasteiger partial charge in [0.05, 0.1) is 6.61 Å². The van der Waals surface area contributed by atoms with Crippen molar-refractivity contribution in [2.45, 2.75) is 18.7 Å². The molecular formula is C11H14Cl2N2O2S. The molecular weight excluding hydrogens is 295 g/mol. The van der Waals surface area contributed by atoms with E-state index in [4.69, 9.17) is 33.7 Å². The van der Waals surface area contributed by atoms with Crippen molar-refractivity contribution in [1.82, 2.24) is 4.98 Å². The lowest BCUT2D eigenvalue weighted by Gasteiger charge is -2.10. The number of esters is 1. The fourth-order valence-corrected chi connectivity index (χ4v) is 2.62. The molecule has 0 saturated carbocycles. The molecule has 0 radical (unpaired) electrons. The maximum absolute atomic E-state index is 11.3. The second kappa shape index (κ2) is 7.84. The molecule has 2 N–H and O–H groups in total. The molecule has 0 amide bonds. The highest BCUT2D eigenvalue weighted by molar-refractivity contribution is 7.98. The third-order valence-corrected chi connectivity index (χ3v) is 3.71. The van der Waals surface area contributed by atoms with Gasteiger partial charge in [-0.15, -0.1) is 0 Å². The highest BCUT2D eigenvalue weighted by atomic mass is 35.5. The van der Waals surface area contributed by atoms with Crippen molar-refractivity contribution in [3.63, 3.8) is 0 Å². The number of aromatic nitrogens is 1. The number of halogens is 2. The van der Waals surface area contributed by atoms with Gasteiger partial charge in [0.15, 0.2) is 0 Å². The topological polar surface area (TPSA) is 65.2 Å². The number of ether oxygens (including phenoxy) is 1. The van der Waals surface area contributed by atoms with Crippen LogP contribution < -0.4 is 5.73 Å². The van der Waals surface area contributed by atoms with Crippen LogP contribution in [0.2, 0.25) is 10.2 Å². The van der Waals surface area contributed by atoms with Gasteiger partial charge in [0, 0.05) is 22.7 Å². The van der Waals surface area contributed by atoms with Crippen LogP contribution in [0, 0.1) is 0 Å². The number of pyridine rings is 1. The number of nitrogens with zero attached hydrogens (tertiary/aromatic N) is 1. The zero-order valence-corrected chi connectivity index (χ0v) is 12.2. The van der Waals surface area contributed by atoms with Gasteiger partial charge < -0.3 is 10.5 Å². The third-order valence-electron chi connectivity index (χ3n) is 2.04. The van der Waals surface area contributed by atoms with Crippen molar-refractivity contribution in [2.24, 2.45) is 5.73 Å². The minimum absolute atomic E-state index is 0.337. The summed E-state index contributed by atoms with van der Waals surface area (Å²) >= 11 is 13.2. The second-order valence-corrected chi connectivity index (χ2v) is 5.30. The zero-order chi connectivity index (χ0) is 13.5. The van der Waals surface area contributed by atoms with Crippen molar-refractivity contribution in [3.8, 4) is 0 Å². The van der Waals surface area contributed by atoms with Crippen molar-refractivity contribution in [2.75, 3.05) is 12.4 Å². The van der Waals surface area contributed by atoms with Crippen LogP contribution in [-0.2, 0) is 15.3 Å². The molecule has 0 spiro atoms. The van der Waals surface area contributed by atoms with E-state index in [9.17, 15) is 4.79 Å². The van der Waals surface area contributed by atoms with E-state index in [1.165, 1.54) is 11.8 Å². The first-order chi connectivity index (χ1) is 8.54. The largest absolute Gasteiger partial charge is 0.465 e. The average Bonchev–Trinajstić information content (AvgIpc) is 2.32. The van der Waals surface area contributed by atoms with Crippen LogP contribution in [0.25, 0.3) is 0 Å². The molecule has 0 bridgehead atoms. The van der Waals surface area contributed by atoms with Gasteiger partial charge in [-0.25, -0.2) is 4.98 Å². The Bertz CT molecular complexity index is 418. The monoisotopic (exact) mass is 308 g/mol. The van der Waals surface area contributed by atoms with Gasteiger partial charge in [0.2, 0.25) is 0 Å². The fraction of sp³-hybridized carbons (Fsp3) is 0.455. The minimum atomic E-state index is -0.617. The van der Waals surface area contributed by atoms with Crippen LogP contribution in [0.5, 0.6) is 0 Å².